The van der Waals surface area contributed by atoms with Crippen molar-refractivity contribution in [1.82, 2.24) is 29.3 Å². The van der Waals surface area contributed by atoms with Crippen LogP contribution in [0.5, 0.6) is 0 Å². The van der Waals surface area contributed by atoms with Gasteiger partial charge in [0, 0.05) is 51.3 Å². The third-order valence-corrected chi connectivity index (χ3v) is 6.43. The standard InChI is InChI=1S/C23H28N6O/c30-23(28-10-8-27(9-11-28)15-18-4-1-2-5-18)20-12-21-22(25-14-20)29(17-26-21)16-19-6-3-7-24-13-19/h3,6-7,12-14,17-18H,1-2,4-5,8-11,15-16H2. The predicted molar refractivity (Wildman–Crippen MR) is 115 cm³/mol. The number of rotatable bonds is 5. The van der Waals surface area contributed by atoms with Crippen LogP contribution in [-0.2, 0) is 6.54 Å². The lowest BCUT2D eigenvalue weighted by Gasteiger charge is -2.36. The summed E-state index contributed by atoms with van der Waals surface area (Å²) in [5.41, 5.74) is 3.26. The maximum atomic E-state index is 13.0. The van der Waals surface area contributed by atoms with Crippen molar-refractivity contribution in [3.05, 3.63) is 54.2 Å². The van der Waals surface area contributed by atoms with Gasteiger partial charge >= 0.3 is 0 Å². The van der Waals surface area contributed by atoms with Crippen LogP contribution in [0, 0.1) is 5.92 Å². The number of nitrogens with zero attached hydrogens (tertiary/aromatic N) is 6. The van der Waals surface area contributed by atoms with Crippen molar-refractivity contribution in [2.45, 2.75) is 32.2 Å². The first-order chi connectivity index (χ1) is 14.8. The molecule has 1 saturated carbocycles. The Morgan fingerprint density at radius 1 is 1.07 bits per heavy atom. The summed E-state index contributed by atoms with van der Waals surface area (Å²) in [6.07, 6.45) is 12.6. The van der Waals surface area contributed by atoms with Gasteiger partial charge in [-0.05, 0) is 36.5 Å². The first-order valence-corrected chi connectivity index (χ1v) is 11.0. The van der Waals surface area contributed by atoms with Crippen LogP contribution in [0.2, 0.25) is 0 Å². The van der Waals surface area contributed by atoms with Crippen molar-refractivity contribution in [2.75, 3.05) is 32.7 Å². The second kappa shape index (κ2) is 8.52. The van der Waals surface area contributed by atoms with Gasteiger partial charge in [0.05, 0.1) is 18.4 Å². The highest BCUT2D eigenvalue weighted by molar-refractivity contribution is 5.96. The number of piperazine rings is 1. The molecule has 3 aromatic heterocycles. The summed E-state index contributed by atoms with van der Waals surface area (Å²) in [5, 5.41) is 0. The molecule has 2 fully saturated rings. The van der Waals surface area contributed by atoms with Gasteiger partial charge in [-0.15, -0.1) is 0 Å². The van der Waals surface area contributed by atoms with Crippen LogP contribution in [0.4, 0.5) is 0 Å². The monoisotopic (exact) mass is 404 g/mol. The summed E-state index contributed by atoms with van der Waals surface area (Å²) >= 11 is 0. The molecule has 2 aliphatic rings. The molecule has 7 nitrogen and oxygen atoms in total. The molecule has 1 amide bonds. The molecule has 1 aliphatic carbocycles. The molecule has 0 N–H and O–H groups in total. The van der Waals surface area contributed by atoms with Crippen molar-refractivity contribution >= 4 is 17.1 Å². The number of hydrogen-bond donors (Lipinski definition) is 0. The molecule has 0 radical (unpaired) electrons. The fourth-order valence-electron chi connectivity index (χ4n) is 4.74. The smallest absolute Gasteiger partial charge is 0.255 e. The number of hydrogen-bond acceptors (Lipinski definition) is 5. The van der Waals surface area contributed by atoms with Gasteiger partial charge in [-0.1, -0.05) is 18.9 Å². The predicted octanol–water partition coefficient (Wildman–Crippen LogP) is 2.82. The third kappa shape index (κ3) is 4.07. The minimum atomic E-state index is 0.0618. The average molecular weight is 405 g/mol. The number of carbonyl (C=O) groups excluding carboxylic acids is 1. The second-order valence-electron chi connectivity index (χ2n) is 8.54. The molecular formula is C23H28N6O. The van der Waals surface area contributed by atoms with Gasteiger partial charge in [-0.25, -0.2) is 9.97 Å². The molecule has 1 aliphatic heterocycles. The van der Waals surface area contributed by atoms with Crippen molar-refractivity contribution < 1.29 is 4.79 Å². The normalized spacial score (nSPS) is 18.3. The van der Waals surface area contributed by atoms with E-state index in [0.717, 1.165) is 48.8 Å². The lowest BCUT2D eigenvalue weighted by molar-refractivity contribution is 0.0618. The van der Waals surface area contributed by atoms with Crippen LogP contribution in [0.25, 0.3) is 11.2 Å². The summed E-state index contributed by atoms with van der Waals surface area (Å²) < 4.78 is 1.99. The molecule has 30 heavy (non-hydrogen) atoms. The number of imidazole rings is 1. The summed E-state index contributed by atoms with van der Waals surface area (Å²) in [5.74, 6) is 0.923. The highest BCUT2D eigenvalue weighted by Crippen LogP contribution is 2.26. The molecule has 0 bridgehead atoms. The molecule has 156 valence electrons. The van der Waals surface area contributed by atoms with Crippen molar-refractivity contribution in [2.24, 2.45) is 5.92 Å². The Labute approximate surface area is 176 Å². The largest absolute Gasteiger partial charge is 0.336 e. The van der Waals surface area contributed by atoms with Gasteiger partial charge in [0.15, 0.2) is 5.65 Å². The Morgan fingerprint density at radius 2 is 1.90 bits per heavy atom. The van der Waals surface area contributed by atoms with E-state index < -0.39 is 0 Å². The van der Waals surface area contributed by atoms with Crippen LogP contribution in [-0.4, -0.2) is 67.9 Å². The quantitative estimate of drug-likeness (QED) is 0.654. The molecule has 0 unspecified atom stereocenters. The maximum absolute atomic E-state index is 13.0. The Morgan fingerprint density at radius 3 is 2.67 bits per heavy atom. The number of aromatic nitrogens is 4. The SMILES string of the molecule is O=C(c1cnc2c(c1)ncn2Cc1cccnc1)N1CCN(CC2CCCC2)CC1. The molecular weight excluding hydrogens is 376 g/mol. The molecule has 5 rings (SSSR count). The minimum Gasteiger partial charge on any atom is -0.336 e. The Kier molecular flexibility index (Phi) is 5.45. The van der Waals surface area contributed by atoms with Gasteiger partial charge < -0.3 is 9.47 Å². The summed E-state index contributed by atoms with van der Waals surface area (Å²) in [6, 6.07) is 5.82. The molecule has 0 atom stereocenters. The molecule has 3 aromatic rings. The number of carbonyl (C=O) groups is 1. The Hall–Kier alpha value is -2.80. The first-order valence-electron chi connectivity index (χ1n) is 11.0. The lowest BCUT2D eigenvalue weighted by Crippen LogP contribution is -2.49. The Balaban J connectivity index is 1.23. The second-order valence-corrected chi connectivity index (χ2v) is 8.54. The van der Waals surface area contributed by atoms with Gasteiger partial charge in [0.25, 0.3) is 5.91 Å². The van der Waals surface area contributed by atoms with E-state index in [-0.39, 0.29) is 5.91 Å². The summed E-state index contributed by atoms with van der Waals surface area (Å²) in [6.45, 7) is 5.38. The van der Waals surface area contributed by atoms with E-state index in [1.165, 1.54) is 32.2 Å². The zero-order valence-corrected chi connectivity index (χ0v) is 17.3. The number of fused-ring (bicyclic) bond motifs is 1. The van der Waals surface area contributed by atoms with Gasteiger partial charge in [0.2, 0.25) is 0 Å². The van der Waals surface area contributed by atoms with E-state index in [2.05, 4.69) is 19.9 Å². The van der Waals surface area contributed by atoms with Crippen molar-refractivity contribution in [1.29, 1.82) is 0 Å². The van der Waals surface area contributed by atoms with Crippen LogP contribution < -0.4 is 0 Å². The minimum absolute atomic E-state index is 0.0618. The highest BCUT2D eigenvalue weighted by atomic mass is 16.2. The fraction of sp³-hybridized carbons (Fsp3) is 0.478. The zero-order valence-electron chi connectivity index (χ0n) is 17.3. The van der Waals surface area contributed by atoms with Gasteiger partial charge in [-0.3, -0.25) is 14.7 Å². The van der Waals surface area contributed by atoms with Crippen LogP contribution >= 0.6 is 0 Å². The number of pyridine rings is 2. The van der Waals surface area contributed by atoms with Crippen LogP contribution in [0.3, 0.4) is 0 Å². The van der Waals surface area contributed by atoms with Crippen molar-refractivity contribution in [3.63, 3.8) is 0 Å². The van der Waals surface area contributed by atoms with E-state index >= 15 is 0 Å². The van der Waals surface area contributed by atoms with Crippen LogP contribution in [0.15, 0.2) is 43.1 Å². The summed E-state index contributed by atoms with van der Waals surface area (Å²) in [7, 11) is 0. The van der Waals surface area contributed by atoms with E-state index in [1.807, 2.05) is 33.9 Å². The maximum Gasteiger partial charge on any atom is 0.255 e. The summed E-state index contributed by atoms with van der Waals surface area (Å²) in [4.78, 5) is 30.7. The van der Waals surface area contributed by atoms with E-state index in [9.17, 15) is 4.79 Å². The molecule has 1 saturated heterocycles. The third-order valence-electron chi connectivity index (χ3n) is 6.43. The Bertz CT molecular complexity index is 1000. The van der Waals surface area contributed by atoms with Gasteiger partial charge in [-0.2, -0.15) is 0 Å². The molecule has 0 aromatic carbocycles. The van der Waals surface area contributed by atoms with E-state index in [1.54, 1.807) is 18.7 Å². The molecule has 0 spiro atoms. The highest BCUT2D eigenvalue weighted by Gasteiger charge is 2.25. The first kappa shape index (κ1) is 19.2. The zero-order chi connectivity index (χ0) is 20.3. The van der Waals surface area contributed by atoms with Gasteiger partial charge in [0.1, 0.15) is 5.52 Å². The van der Waals surface area contributed by atoms with E-state index in [0.29, 0.717) is 12.1 Å². The fourth-order valence-corrected chi connectivity index (χ4v) is 4.74. The topological polar surface area (TPSA) is 67.2 Å². The molecule has 7 heteroatoms. The lowest BCUT2D eigenvalue weighted by atomic mass is 10.1. The number of amides is 1. The van der Waals surface area contributed by atoms with Crippen molar-refractivity contribution in [3.8, 4) is 0 Å². The van der Waals surface area contributed by atoms with E-state index in [4.69, 9.17) is 0 Å². The average Bonchev–Trinajstić information content (AvgIpc) is 3.44. The van der Waals surface area contributed by atoms with Crippen LogP contribution in [0.1, 0.15) is 41.6 Å². The molecule has 4 heterocycles.